The summed E-state index contributed by atoms with van der Waals surface area (Å²) in [6.07, 6.45) is 12.4. The number of thioether (sulfide) groups is 1. The number of carbonyl (C=O) groups is 2. The molecule has 67 heavy (non-hydrogen) atoms. The molecule has 2 heterocycles. The summed E-state index contributed by atoms with van der Waals surface area (Å²) < 4.78 is 44.5. The Morgan fingerprint density at radius 1 is 0.731 bits per heavy atom. The summed E-state index contributed by atoms with van der Waals surface area (Å²) in [6.45, 7) is 5.13. The van der Waals surface area contributed by atoms with Crippen LogP contribution in [0.5, 0.6) is 0 Å². The van der Waals surface area contributed by atoms with Gasteiger partial charge in [-0.3, -0.25) is 9.59 Å². The number of esters is 2. The number of thiazole rings is 1. The van der Waals surface area contributed by atoms with Gasteiger partial charge in [-0.15, -0.1) is 0 Å². The first-order valence-corrected chi connectivity index (χ1v) is 24.8. The minimum atomic E-state index is -4.19. The van der Waals surface area contributed by atoms with Crippen molar-refractivity contribution in [1.82, 2.24) is 0 Å². The number of halogens is 1. The number of carbonyl (C=O) groups excluding carboxylic acids is 2. The molecule has 0 radical (unpaired) electrons. The Hall–Kier alpha value is -6.29. The average molecular weight is 958 g/mol. The Kier molecular flexibility index (Phi) is 15.2. The number of anilines is 3. The van der Waals surface area contributed by atoms with Gasteiger partial charge in [0.05, 0.1) is 29.6 Å². The van der Waals surface area contributed by atoms with Crippen molar-refractivity contribution >= 4 is 89.9 Å². The zero-order valence-corrected chi connectivity index (χ0v) is 39.5. The molecule has 0 unspecified atom stereocenters. The van der Waals surface area contributed by atoms with Crippen LogP contribution in [0.2, 0.25) is 0 Å². The molecule has 344 valence electrons. The van der Waals surface area contributed by atoms with Crippen molar-refractivity contribution in [1.29, 1.82) is 0 Å². The molecule has 11 nitrogen and oxygen atoms in total. The molecule has 1 aromatic heterocycles. The van der Waals surface area contributed by atoms with Crippen molar-refractivity contribution in [3.05, 3.63) is 179 Å². The molecule has 0 fully saturated rings. The molecule has 0 saturated carbocycles. The fourth-order valence-electron chi connectivity index (χ4n) is 8.39. The summed E-state index contributed by atoms with van der Waals surface area (Å²) in [6, 6.07) is 47.4. The van der Waals surface area contributed by atoms with Crippen molar-refractivity contribution < 1.29 is 52.5 Å². The number of allylic oxidation sites excluding steroid dienone is 5. The number of fused-ring (bicyclic) bond motifs is 4. The van der Waals surface area contributed by atoms with E-state index in [9.17, 15) is 9.59 Å². The van der Waals surface area contributed by atoms with Gasteiger partial charge in [-0.05, 0) is 107 Å². The van der Waals surface area contributed by atoms with Crippen molar-refractivity contribution in [2.45, 2.75) is 51.0 Å². The molecule has 0 saturated heterocycles. The van der Waals surface area contributed by atoms with Crippen LogP contribution in [0.3, 0.4) is 0 Å². The summed E-state index contributed by atoms with van der Waals surface area (Å²) in [4.78, 5) is 29.3. The van der Waals surface area contributed by atoms with Gasteiger partial charge in [0.15, 0.2) is 6.54 Å². The maximum atomic E-state index is 11.6. The van der Waals surface area contributed by atoms with Crippen LogP contribution in [0.15, 0.2) is 178 Å². The molecule has 0 amide bonds. The van der Waals surface area contributed by atoms with Crippen LogP contribution in [0, 0.1) is 10.2 Å². The molecule has 9 rings (SSSR count). The van der Waals surface area contributed by atoms with E-state index in [0.29, 0.717) is 26.1 Å². The number of benzene rings is 6. The predicted octanol–water partition coefficient (Wildman–Crippen LogP) is 9.82. The van der Waals surface area contributed by atoms with E-state index < -0.39 is 10.2 Å². The maximum absolute atomic E-state index is 11.6. The standard InChI is InChI=1S/C53H48N3O4S2.ClH3O4/c1-37(57)59-31-13-29-54-47-33-41-15-9-11-17-43(41)35-49(47)61-51(54)27-25-39-23-24-40(53(39)56(45-19-5-3-6-20-45)46-21-7-4-8-22-46)26-28-52-55(30-14-32-60-38(2)58)48-34-42-16-10-12-18-44(42)36-50(48)62-52;2-1(3,4)5/h3-12,15-22,25-28,33-36H,13-14,23-24,29-32H2,1-2H3;2-4H/q+1;. The second-order valence-electron chi connectivity index (χ2n) is 15.9. The van der Waals surface area contributed by atoms with E-state index in [1.54, 1.807) is 23.1 Å². The minimum absolute atomic E-state index is 0.255. The summed E-state index contributed by atoms with van der Waals surface area (Å²) >= 11 is 3.59. The number of aryl methyl sites for hydroxylation is 1. The van der Waals surface area contributed by atoms with Crippen LogP contribution >= 0.6 is 23.1 Å². The quantitative estimate of drug-likeness (QED) is 0.0544. The summed E-state index contributed by atoms with van der Waals surface area (Å²) in [5.74, 6) is -0.510. The van der Waals surface area contributed by atoms with Gasteiger partial charge in [0, 0.05) is 55.2 Å². The number of aromatic nitrogens is 1. The molecule has 3 N–H and O–H groups in total. The van der Waals surface area contributed by atoms with E-state index in [1.807, 2.05) is 0 Å². The summed E-state index contributed by atoms with van der Waals surface area (Å²) in [7, 11) is -4.19. The summed E-state index contributed by atoms with van der Waals surface area (Å²) in [5.41, 5.74) is 8.23. The van der Waals surface area contributed by atoms with Crippen molar-refractivity contribution in [3.63, 3.8) is 0 Å². The molecule has 0 atom stereocenters. The fraction of sp³-hybridized carbons (Fsp3) is 0.189. The number of rotatable bonds is 14. The Morgan fingerprint density at radius 2 is 1.28 bits per heavy atom. The van der Waals surface area contributed by atoms with Crippen LogP contribution in [0.25, 0.3) is 37.8 Å². The van der Waals surface area contributed by atoms with Gasteiger partial charge in [0.2, 0.25) is 5.52 Å². The summed E-state index contributed by atoms with van der Waals surface area (Å²) in [5, 5.41) is 7.13. The molecule has 1 aliphatic heterocycles. The fourth-order valence-corrected chi connectivity index (χ4v) is 10.6. The Balaban J connectivity index is 0.00000116. The predicted molar refractivity (Wildman–Crippen MR) is 262 cm³/mol. The molecule has 6 aromatic carbocycles. The molecule has 7 aromatic rings. The third-order valence-electron chi connectivity index (χ3n) is 11.2. The average Bonchev–Trinajstić information content (AvgIpc) is 3.98. The van der Waals surface area contributed by atoms with Gasteiger partial charge in [-0.2, -0.15) is 4.57 Å². The first-order valence-electron chi connectivity index (χ1n) is 21.9. The molecular weight excluding hydrogens is 906 g/mol. The molecular formula is C53H51ClN3O8S2+. The second kappa shape index (κ2) is 21.6. The molecule has 14 heteroatoms. The number of hydrogen-bond acceptors (Lipinski definition) is 12. The van der Waals surface area contributed by atoms with Crippen molar-refractivity contribution in [2.24, 2.45) is 0 Å². The van der Waals surface area contributed by atoms with Crippen LogP contribution in [-0.2, 0) is 25.6 Å². The zero-order chi connectivity index (χ0) is 46.9. The number of ether oxygens (including phenoxy) is 2. The molecule has 1 aliphatic carbocycles. The zero-order valence-electron chi connectivity index (χ0n) is 37.1. The van der Waals surface area contributed by atoms with E-state index in [0.717, 1.165) is 47.3 Å². The third kappa shape index (κ3) is 12.0. The van der Waals surface area contributed by atoms with Gasteiger partial charge >= 0.3 is 40.8 Å². The van der Waals surface area contributed by atoms with Gasteiger partial charge in [0.1, 0.15) is 4.70 Å². The first-order chi connectivity index (χ1) is 32.4. The van der Waals surface area contributed by atoms with E-state index in [-0.39, 0.29) is 11.9 Å². The van der Waals surface area contributed by atoms with Crippen LogP contribution < -0.4 is 19.0 Å². The van der Waals surface area contributed by atoms with E-state index >= 15 is 0 Å². The van der Waals surface area contributed by atoms with Gasteiger partial charge in [0.25, 0.3) is 5.01 Å². The van der Waals surface area contributed by atoms with Crippen LogP contribution in [-0.4, -0.2) is 45.7 Å². The third-order valence-corrected chi connectivity index (χ3v) is 13.5. The number of para-hydroxylation sites is 2. The Morgan fingerprint density at radius 3 is 1.90 bits per heavy atom. The Bertz CT molecular complexity index is 2990. The van der Waals surface area contributed by atoms with Gasteiger partial charge < -0.3 is 19.3 Å². The molecule has 0 spiro atoms. The normalized spacial score (nSPS) is 15.2. The van der Waals surface area contributed by atoms with Crippen molar-refractivity contribution in [3.8, 4) is 0 Å². The SMILES string of the molecule is CC(=O)OCCCN1/C(=C/C=C2\CCC(/C=C/c3sc4cc5ccccc5cc4[n+]3CCCOC(C)=O)=C2N(c2ccccc2)c2ccccc2)Sc2cc3ccccc3cc21.[O-][Cl+](O)(O)O. The monoisotopic (exact) mass is 956 g/mol. The Labute approximate surface area is 399 Å². The number of nitrogens with zero attached hydrogens (tertiary/aromatic N) is 3. The van der Waals surface area contributed by atoms with Crippen molar-refractivity contribution in [2.75, 3.05) is 29.6 Å². The van der Waals surface area contributed by atoms with E-state index in [4.69, 9.17) is 28.1 Å². The second-order valence-corrected chi connectivity index (χ2v) is 18.9. The molecule has 2 aliphatic rings. The van der Waals surface area contributed by atoms with Crippen LogP contribution in [0.1, 0.15) is 44.5 Å². The molecule has 0 bridgehead atoms. The van der Waals surface area contributed by atoms with Gasteiger partial charge in [-0.1, -0.05) is 114 Å². The van der Waals surface area contributed by atoms with E-state index in [1.165, 1.54) is 73.0 Å². The topological polar surface area (TPSA) is 147 Å². The van der Waals surface area contributed by atoms with Crippen LogP contribution in [0.4, 0.5) is 17.1 Å². The van der Waals surface area contributed by atoms with Gasteiger partial charge in [-0.25, -0.2) is 0 Å². The van der Waals surface area contributed by atoms with E-state index in [2.05, 4.69) is 172 Å². The number of hydrogen-bond donors (Lipinski definition) is 3. The first kappa shape index (κ1) is 47.2.